The normalized spacial score (nSPS) is 14.0. The van der Waals surface area contributed by atoms with Crippen LogP contribution in [-0.4, -0.2) is 29.4 Å². The molecule has 0 fully saturated rings. The Balaban J connectivity index is 0. The summed E-state index contributed by atoms with van der Waals surface area (Å²) in [6, 6.07) is 0. The van der Waals surface area contributed by atoms with E-state index in [0.717, 1.165) is 38.5 Å². The van der Waals surface area contributed by atoms with Crippen molar-refractivity contribution < 1.29 is 69.5 Å². The number of hydrogen-bond donors (Lipinski definition) is 1. The Hall–Kier alpha value is 1.51. The fourth-order valence-electron chi connectivity index (χ4n) is 3.33. The smallest absolute Gasteiger partial charge is 0.748 e. The van der Waals surface area contributed by atoms with Gasteiger partial charge in [-0.15, -0.1) is 0 Å². The average Bonchev–Trinajstić information content (AvgIpc) is 2.55. The Labute approximate surface area is 205 Å². The molecule has 26 heavy (non-hydrogen) atoms. The van der Waals surface area contributed by atoms with E-state index in [-0.39, 0.29) is 51.4 Å². The van der Waals surface area contributed by atoms with Crippen LogP contribution in [0.1, 0.15) is 117 Å². The quantitative estimate of drug-likeness (QED) is 0.212. The summed E-state index contributed by atoms with van der Waals surface area (Å²) in [6.07, 6.45) is 15.5. The summed E-state index contributed by atoms with van der Waals surface area (Å²) < 4.78 is 34.2. The fourth-order valence-corrected chi connectivity index (χ4v) is 4.30. The summed E-state index contributed by atoms with van der Waals surface area (Å²) in [6.45, 7) is 4.31. The van der Waals surface area contributed by atoms with Gasteiger partial charge in [0.05, 0.1) is 11.4 Å². The topological polar surface area (TPSA) is 77.4 Å². The van der Waals surface area contributed by atoms with Gasteiger partial charge in [0, 0.05) is 0 Å². The van der Waals surface area contributed by atoms with E-state index >= 15 is 0 Å². The van der Waals surface area contributed by atoms with Crippen molar-refractivity contribution in [1.82, 2.24) is 0 Å². The zero-order valence-corrected chi connectivity index (χ0v) is 21.5. The number of unbranched alkanes of at least 4 members (excludes halogenated alkanes) is 12. The van der Waals surface area contributed by atoms with E-state index in [1.807, 2.05) is 0 Å². The monoisotopic (exact) mass is 416 g/mol. The van der Waals surface area contributed by atoms with E-state index in [2.05, 4.69) is 13.8 Å². The van der Waals surface area contributed by atoms with Crippen LogP contribution in [0, 0.1) is 0 Å². The van der Waals surface area contributed by atoms with Crippen LogP contribution in [0.3, 0.4) is 0 Å². The van der Waals surface area contributed by atoms with Gasteiger partial charge in [-0.25, -0.2) is 8.42 Å². The number of rotatable bonds is 18. The molecule has 1 N–H and O–H groups in total. The second-order valence-corrected chi connectivity index (χ2v) is 9.01. The third kappa shape index (κ3) is 17.6. The van der Waals surface area contributed by atoms with Crippen LogP contribution >= 0.6 is 0 Å². The number of hydrogen-bond acceptors (Lipinski definition) is 4. The summed E-state index contributed by atoms with van der Waals surface area (Å²) >= 11 is 0. The molecule has 0 rings (SSSR count). The maximum absolute atomic E-state index is 11.4. The molecule has 0 radical (unpaired) electrons. The SMILES string of the molecule is CCCCCCCCCCCCC(O)C(CCCCCC)S(=O)(=O)[O-].[K+]. The summed E-state index contributed by atoms with van der Waals surface area (Å²) in [5.41, 5.74) is 0. The first-order chi connectivity index (χ1) is 11.9. The molecular weight excluding hydrogens is 375 g/mol. The van der Waals surface area contributed by atoms with Crippen molar-refractivity contribution in [2.24, 2.45) is 0 Å². The molecule has 0 aliphatic rings. The number of aliphatic hydroxyl groups excluding tert-OH is 1. The van der Waals surface area contributed by atoms with Crippen molar-refractivity contribution in [3.63, 3.8) is 0 Å². The first-order valence-corrected chi connectivity index (χ1v) is 12.0. The van der Waals surface area contributed by atoms with E-state index < -0.39 is 21.5 Å². The molecule has 152 valence electrons. The third-order valence-corrected chi connectivity index (χ3v) is 6.29. The molecule has 0 bridgehead atoms. The number of aliphatic hydroxyl groups is 1. The molecule has 0 aromatic rings. The van der Waals surface area contributed by atoms with Gasteiger partial charge in [0.2, 0.25) is 0 Å². The molecule has 0 spiro atoms. The van der Waals surface area contributed by atoms with Gasteiger partial charge >= 0.3 is 51.4 Å². The zero-order valence-electron chi connectivity index (χ0n) is 17.5. The Morgan fingerprint density at radius 1 is 0.692 bits per heavy atom. The molecule has 0 aliphatic carbocycles. The van der Waals surface area contributed by atoms with Gasteiger partial charge in [0.15, 0.2) is 0 Å². The zero-order chi connectivity index (χ0) is 19.0. The predicted molar refractivity (Wildman–Crippen MR) is 105 cm³/mol. The molecule has 0 saturated heterocycles. The molecule has 2 atom stereocenters. The van der Waals surface area contributed by atoms with Crippen LogP contribution in [0.5, 0.6) is 0 Å². The molecule has 2 unspecified atom stereocenters. The van der Waals surface area contributed by atoms with Crippen molar-refractivity contribution in [2.75, 3.05) is 0 Å². The van der Waals surface area contributed by atoms with Gasteiger partial charge in [-0.3, -0.25) is 0 Å². The molecule has 0 aliphatic heterocycles. The predicted octanol–water partition coefficient (Wildman–Crippen LogP) is 2.55. The van der Waals surface area contributed by atoms with Crippen LogP contribution in [0.4, 0.5) is 0 Å². The summed E-state index contributed by atoms with van der Waals surface area (Å²) in [4.78, 5) is 0. The minimum absolute atomic E-state index is 0. The van der Waals surface area contributed by atoms with Crippen LogP contribution in [-0.2, 0) is 10.1 Å². The molecule has 6 heteroatoms. The van der Waals surface area contributed by atoms with Gasteiger partial charge < -0.3 is 9.66 Å². The van der Waals surface area contributed by atoms with E-state index in [4.69, 9.17) is 0 Å². The van der Waals surface area contributed by atoms with Crippen LogP contribution in [0.15, 0.2) is 0 Å². The van der Waals surface area contributed by atoms with Crippen LogP contribution in [0.2, 0.25) is 0 Å². The Bertz CT molecular complexity index is 387. The minimum atomic E-state index is -4.41. The molecular formula is C20H41KO4S. The van der Waals surface area contributed by atoms with Gasteiger partial charge in [-0.1, -0.05) is 104 Å². The molecule has 0 aromatic heterocycles. The molecule has 0 amide bonds. The van der Waals surface area contributed by atoms with E-state index in [9.17, 15) is 18.1 Å². The van der Waals surface area contributed by atoms with Gasteiger partial charge in [-0.2, -0.15) is 0 Å². The average molecular weight is 417 g/mol. The standard InChI is InChI=1S/C20H42O4S.K/c1-3-5-7-9-10-11-12-13-14-15-17-19(21)20(25(22,23)24)18-16-8-6-4-2;/h19-21H,3-18H2,1-2H3,(H,22,23,24);/q;+1/p-1. The molecule has 0 aromatic carbocycles. The maximum Gasteiger partial charge on any atom is 1.00 e. The van der Waals surface area contributed by atoms with Crippen LogP contribution < -0.4 is 51.4 Å². The fraction of sp³-hybridized carbons (Fsp3) is 1.00. The summed E-state index contributed by atoms with van der Waals surface area (Å²) in [5.74, 6) is 0. The Kier molecular flexibility index (Phi) is 22.6. The molecule has 0 heterocycles. The van der Waals surface area contributed by atoms with Crippen molar-refractivity contribution in [3.8, 4) is 0 Å². The van der Waals surface area contributed by atoms with Gasteiger partial charge in [0.1, 0.15) is 10.1 Å². The largest absolute Gasteiger partial charge is 1.00 e. The van der Waals surface area contributed by atoms with E-state index in [1.54, 1.807) is 0 Å². The second kappa shape index (κ2) is 19.8. The summed E-state index contributed by atoms with van der Waals surface area (Å²) in [5, 5.41) is 9.02. The minimum Gasteiger partial charge on any atom is -0.748 e. The molecule has 4 nitrogen and oxygen atoms in total. The third-order valence-electron chi connectivity index (χ3n) is 5.00. The first kappa shape index (κ1) is 29.7. The van der Waals surface area contributed by atoms with Crippen molar-refractivity contribution in [2.45, 2.75) is 128 Å². The maximum atomic E-state index is 11.4. The Morgan fingerprint density at radius 2 is 1.04 bits per heavy atom. The van der Waals surface area contributed by atoms with Gasteiger partial charge in [-0.05, 0) is 12.8 Å². The summed E-state index contributed by atoms with van der Waals surface area (Å²) in [7, 11) is -4.41. The van der Waals surface area contributed by atoms with Crippen molar-refractivity contribution in [3.05, 3.63) is 0 Å². The van der Waals surface area contributed by atoms with E-state index in [0.29, 0.717) is 19.3 Å². The first-order valence-electron chi connectivity index (χ1n) is 10.6. The molecule has 0 saturated carbocycles. The van der Waals surface area contributed by atoms with Crippen LogP contribution in [0.25, 0.3) is 0 Å². The van der Waals surface area contributed by atoms with Crippen molar-refractivity contribution >= 4 is 10.1 Å². The second-order valence-electron chi connectivity index (χ2n) is 7.42. The van der Waals surface area contributed by atoms with E-state index in [1.165, 1.54) is 44.9 Å². The van der Waals surface area contributed by atoms with Gasteiger partial charge in [0.25, 0.3) is 0 Å². The Morgan fingerprint density at radius 3 is 1.46 bits per heavy atom. The van der Waals surface area contributed by atoms with Crippen molar-refractivity contribution in [1.29, 1.82) is 0 Å².